The van der Waals surface area contributed by atoms with E-state index in [0.29, 0.717) is 0 Å². The van der Waals surface area contributed by atoms with Crippen LogP contribution in [0.2, 0.25) is 0 Å². The Balaban J connectivity index is 2.46. The van der Waals surface area contributed by atoms with Crippen molar-refractivity contribution >= 4 is 21.8 Å². The topological polar surface area (TPSA) is 83.6 Å². The predicted molar refractivity (Wildman–Crippen MR) is 69.4 cm³/mol. The largest absolute Gasteiger partial charge is 0.285 e. The number of hydrogen-bond donors (Lipinski definition) is 1. The summed E-state index contributed by atoms with van der Waals surface area (Å²) in [6.07, 6.45) is 2.92. The van der Waals surface area contributed by atoms with Gasteiger partial charge in [-0.3, -0.25) is 14.5 Å². The lowest BCUT2D eigenvalue weighted by atomic mass is 9.73. The molecule has 1 fully saturated rings. The summed E-state index contributed by atoms with van der Waals surface area (Å²) in [5, 5.41) is 0. The fraction of sp³-hybridized carbons (Fsp3) is 0.667. The van der Waals surface area contributed by atoms with Crippen molar-refractivity contribution in [3.8, 4) is 0 Å². The number of sulfonamides is 1. The molecule has 0 saturated carbocycles. The molecule has 1 aliphatic carbocycles. The number of nitrogens with one attached hydrogen (secondary N) is 1. The average molecular weight is 286 g/mol. The Morgan fingerprint density at radius 2 is 1.74 bits per heavy atom. The predicted octanol–water partition coefficient (Wildman–Crippen LogP) is -0.269. The molecule has 1 N–H and O–H groups in total. The summed E-state index contributed by atoms with van der Waals surface area (Å²) in [7, 11) is -2.00. The van der Waals surface area contributed by atoms with Crippen LogP contribution in [0.4, 0.5) is 0 Å². The lowest BCUT2D eigenvalue weighted by molar-refractivity contribution is -0.138. The smallest absolute Gasteiger partial charge is 0.234 e. The normalized spacial score (nSPS) is 35.4. The fourth-order valence-corrected chi connectivity index (χ4v) is 3.86. The highest BCUT2D eigenvalue weighted by Crippen LogP contribution is 2.40. The van der Waals surface area contributed by atoms with Crippen LogP contribution in [0.25, 0.3) is 0 Å². The quantitative estimate of drug-likeness (QED) is 0.559. The van der Waals surface area contributed by atoms with Gasteiger partial charge in [0.2, 0.25) is 21.8 Å². The molecule has 2 amide bonds. The van der Waals surface area contributed by atoms with Gasteiger partial charge >= 0.3 is 0 Å². The summed E-state index contributed by atoms with van der Waals surface area (Å²) in [6, 6.07) is -0.627. The molecule has 2 aliphatic rings. The van der Waals surface area contributed by atoms with E-state index in [4.69, 9.17) is 0 Å². The number of rotatable bonds is 2. The second-order valence-electron chi connectivity index (χ2n) is 5.42. The first kappa shape index (κ1) is 14.2. The van der Waals surface area contributed by atoms with Gasteiger partial charge in [0.05, 0.1) is 24.1 Å². The third-order valence-corrected chi connectivity index (χ3v) is 4.58. The zero-order chi connectivity index (χ0) is 14.5. The maximum Gasteiger partial charge on any atom is 0.234 e. The fourth-order valence-electron chi connectivity index (χ4n) is 3.07. The molecule has 0 aromatic rings. The van der Waals surface area contributed by atoms with Gasteiger partial charge in [-0.05, 0) is 12.8 Å². The van der Waals surface area contributed by atoms with Crippen LogP contribution in [0.5, 0.6) is 0 Å². The third-order valence-electron chi connectivity index (χ3n) is 3.90. The van der Waals surface area contributed by atoms with Crippen molar-refractivity contribution in [2.45, 2.75) is 19.9 Å². The molecule has 2 rings (SSSR count). The Kier molecular flexibility index (Phi) is 3.30. The van der Waals surface area contributed by atoms with Crippen LogP contribution >= 0.6 is 0 Å². The van der Waals surface area contributed by atoms with Crippen molar-refractivity contribution in [1.82, 2.24) is 9.62 Å². The molecule has 1 unspecified atom stereocenters. The minimum atomic E-state index is -3.44. The number of carbonyl (C=O) groups excluding carboxylic acids is 2. The molecule has 0 radical (unpaired) electrons. The second kappa shape index (κ2) is 4.42. The standard InChI is InChI=1S/C12H18N2O4S/c1-6-5-7(2)10(13-19(4,17)18)9-8(6)11(15)14(3)12(9)16/h5-6,8-10,13H,1-4H3/t6?,8-,9-,10+/m0/s1. The molecule has 0 spiro atoms. The first-order valence-corrected chi connectivity index (χ1v) is 7.99. The van der Waals surface area contributed by atoms with Crippen LogP contribution in [0.3, 0.4) is 0 Å². The molecule has 1 heterocycles. The first-order chi connectivity index (χ1) is 8.63. The summed E-state index contributed by atoms with van der Waals surface area (Å²) in [4.78, 5) is 25.4. The van der Waals surface area contributed by atoms with E-state index in [1.54, 1.807) is 6.92 Å². The number of likely N-dealkylation sites (tertiary alicyclic amines) is 1. The van der Waals surface area contributed by atoms with E-state index >= 15 is 0 Å². The number of nitrogens with zero attached hydrogens (tertiary/aromatic N) is 1. The van der Waals surface area contributed by atoms with Crippen LogP contribution in [0, 0.1) is 17.8 Å². The van der Waals surface area contributed by atoms with Crippen LogP contribution in [0.15, 0.2) is 11.6 Å². The molecule has 7 heteroatoms. The SMILES string of the molecule is CC1=CC(C)[C@@H]2C(=O)N(C)C(=O)[C@@H]2[C@@H]1NS(C)(=O)=O. The maximum absolute atomic E-state index is 12.2. The molecule has 106 valence electrons. The zero-order valence-corrected chi connectivity index (χ0v) is 12.2. The molecule has 6 nitrogen and oxygen atoms in total. The lowest BCUT2D eigenvalue weighted by Gasteiger charge is -2.33. The zero-order valence-electron chi connectivity index (χ0n) is 11.4. The van der Waals surface area contributed by atoms with E-state index in [0.717, 1.165) is 16.7 Å². The highest BCUT2D eigenvalue weighted by molar-refractivity contribution is 7.88. The van der Waals surface area contributed by atoms with Gasteiger partial charge in [-0.2, -0.15) is 0 Å². The Hall–Kier alpha value is -1.21. The Labute approximate surface area is 112 Å². The van der Waals surface area contributed by atoms with E-state index < -0.39 is 27.9 Å². The average Bonchev–Trinajstić information content (AvgIpc) is 2.48. The molecular formula is C12H18N2O4S. The number of hydrogen-bond acceptors (Lipinski definition) is 4. The van der Waals surface area contributed by atoms with Crippen LogP contribution in [-0.2, 0) is 19.6 Å². The van der Waals surface area contributed by atoms with Crippen molar-refractivity contribution in [3.63, 3.8) is 0 Å². The lowest BCUT2D eigenvalue weighted by Crippen LogP contribution is -2.48. The minimum Gasteiger partial charge on any atom is -0.285 e. The molecule has 0 bridgehead atoms. The molecule has 19 heavy (non-hydrogen) atoms. The third kappa shape index (κ3) is 2.32. The van der Waals surface area contributed by atoms with E-state index in [9.17, 15) is 18.0 Å². The van der Waals surface area contributed by atoms with Crippen molar-refractivity contribution < 1.29 is 18.0 Å². The molecule has 4 atom stereocenters. The van der Waals surface area contributed by atoms with Gasteiger partial charge in [0, 0.05) is 7.05 Å². The van der Waals surface area contributed by atoms with Gasteiger partial charge in [0.15, 0.2) is 0 Å². The van der Waals surface area contributed by atoms with Gasteiger partial charge < -0.3 is 0 Å². The van der Waals surface area contributed by atoms with Crippen LogP contribution in [0.1, 0.15) is 13.8 Å². The summed E-state index contributed by atoms with van der Waals surface area (Å²) in [6.45, 7) is 3.66. The number of amides is 2. The molecular weight excluding hydrogens is 268 g/mol. The molecule has 1 saturated heterocycles. The molecule has 0 aromatic carbocycles. The van der Waals surface area contributed by atoms with Crippen molar-refractivity contribution in [1.29, 1.82) is 0 Å². The highest BCUT2D eigenvalue weighted by atomic mass is 32.2. The first-order valence-electron chi connectivity index (χ1n) is 6.10. The monoisotopic (exact) mass is 286 g/mol. The highest BCUT2D eigenvalue weighted by Gasteiger charge is 2.53. The number of imide groups is 1. The summed E-state index contributed by atoms with van der Waals surface area (Å²) in [5.41, 5.74) is 0.788. The van der Waals surface area contributed by atoms with Gasteiger partial charge in [-0.15, -0.1) is 0 Å². The number of allylic oxidation sites excluding steroid dienone is 1. The van der Waals surface area contributed by atoms with Gasteiger partial charge in [-0.1, -0.05) is 18.6 Å². The summed E-state index contributed by atoms with van der Waals surface area (Å²) < 4.78 is 25.3. The second-order valence-corrected chi connectivity index (χ2v) is 7.20. The summed E-state index contributed by atoms with van der Waals surface area (Å²) >= 11 is 0. The number of fused-ring (bicyclic) bond motifs is 1. The van der Waals surface area contributed by atoms with Gasteiger partial charge in [0.25, 0.3) is 0 Å². The minimum absolute atomic E-state index is 0.0657. The van der Waals surface area contributed by atoms with Gasteiger partial charge in [-0.25, -0.2) is 13.1 Å². The summed E-state index contributed by atoms with van der Waals surface area (Å²) in [5.74, 6) is -1.71. The van der Waals surface area contributed by atoms with Crippen molar-refractivity contribution in [3.05, 3.63) is 11.6 Å². The maximum atomic E-state index is 12.2. The van der Waals surface area contributed by atoms with Crippen LogP contribution < -0.4 is 4.72 Å². The Morgan fingerprint density at radius 1 is 1.21 bits per heavy atom. The molecule has 1 aliphatic heterocycles. The van der Waals surface area contributed by atoms with E-state index in [2.05, 4.69) is 4.72 Å². The number of carbonyl (C=O) groups is 2. The van der Waals surface area contributed by atoms with Crippen molar-refractivity contribution in [2.75, 3.05) is 13.3 Å². The van der Waals surface area contributed by atoms with Gasteiger partial charge in [0.1, 0.15) is 0 Å². The van der Waals surface area contributed by atoms with Crippen LogP contribution in [-0.4, -0.2) is 44.5 Å². The van der Waals surface area contributed by atoms with Crippen molar-refractivity contribution in [2.24, 2.45) is 17.8 Å². The van der Waals surface area contributed by atoms with E-state index in [1.165, 1.54) is 7.05 Å². The Morgan fingerprint density at radius 3 is 2.26 bits per heavy atom. The van der Waals surface area contributed by atoms with E-state index in [-0.39, 0.29) is 17.7 Å². The van der Waals surface area contributed by atoms with E-state index in [1.807, 2.05) is 13.0 Å². The Bertz CT molecular complexity index is 566. The molecule has 0 aromatic heterocycles.